The summed E-state index contributed by atoms with van der Waals surface area (Å²) in [6.45, 7) is 0. The maximum Gasteiger partial charge on any atom is 0.416 e. The standard InChI is InChI=1S/C22H16F4N2O4S/c23-18-9-6-15(7-10-18)12-21(29)28-27-14-16-13-17(22(24,25)26)8-11-20(16)33(30,31)32-19-4-2-1-3-5-19/h1-11,13-14H,12H2,(H,28,29)/b27-14+. The summed E-state index contributed by atoms with van der Waals surface area (Å²) in [6, 6.07) is 14.4. The normalized spacial score (nSPS) is 12.0. The summed E-state index contributed by atoms with van der Waals surface area (Å²) >= 11 is 0. The molecule has 1 N–H and O–H groups in total. The van der Waals surface area contributed by atoms with E-state index in [1.54, 1.807) is 6.07 Å². The van der Waals surface area contributed by atoms with Gasteiger partial charge in [0.2, 0.25) is 5.91 Å². The van der Waals surface area contributed by atoms with Gasteiger partial charge < -0.3 is 4.18 Å². The third kappa shape index (κ3) is 6.62. The number of hydrogen-bond acceptors (Lipinski definition) is 5. The van der Waals surface area contributed by atoms with Crippen molar-refractivity contribution in [1.82, 2.24) is 5.43 Å². The van der Waals surface area contributed by atoms with E-state index < -0.39 is 44.0 Å². The lowest BCUT2D eigenvalue weighted by Crippen LogP contribution is -2.20. The van der Waals surface area contributed by atoms with E-state index in [9.17, 15) is 30.8 Å². The molecular weight excluding hydrogens is 464 g/mol. The van der Waals surface area contributed by atoms with Crippen LogP contribution in [0.3, 0.4) is 0 Å². The molecule has 0 spiro atoms. The summed E-state index contributed by atoms with van der Waals surface area (Å²) in [6.07, 6.45) is -4.14. The maximum absolute atomic E-state index is 13.1. The molecule has 0 atom stereocenters. The fraction of sp³-hybridized carbons (Fsp3) is 0.0909. The van der Waals surface area contributed by atoms with Gasteiger partial charge >= 0.3 is 16.3 Å². The Bertz CT molecular complexity index is 1260. The molecule has 6 nitrogen and oxygen atoms in total. The summed E-state index contributed by atoms with van der Waals surface area (Å²) in [5.41, 5.74) is 1.02. The van der Waals surface area contributed by atoms with Crippen molar-refractivity contribution < 1.29 is 35.0 Å². The molecule has 0 aliphatic rings. The summed E-state index contributed by atoms with van der Waals surface area (Å²) < 4.78 is 82.7. The average molecular weight is 480 g/mol. The molecule has 33 heavy (non-hydrogen) atoms. The fourth-order valence-electron chi connectivity index (χ4n) is 2.70. The molecule has 3 rings (SSSR count). The van der Waals surface area contributed by atoms with E-state index in [0.717, 1.165) is 12.3 Å². The van der Waals surface area contributed by atoms with Crippen LogP contribution >= 0.6 is 0 Å². The number of nitrogens with one attached hydrogen (secondary N) is 1. The molecule has 1 amide bonds. The van der Waals surface area contributed by atoms with Crippen molar-refractivity contribution >= 4 is 22.2 Å². The number of hydrogen-bond donors (Lipinski definition) is 1. The molecule has 172 valence electrons. The average Bonchev–Trinajstić information content (AvgIpc) is 2.75. The minimum Gasteiger partial charge on any atom is -0.379 e. The molecule has 0 aromatic heterocycles. The number of alkyl halides is 3. The van der Waals surface area contributed by atoms with Gasteiger partial charge in [-0.2, -0.15) is 26.7 Å². The molecule has 0 bridgehead atoms. The van der Waals surface area contributed by atoms with Gasteiger partial charge in [-0.05, 0) is 48.0 Å². The van der Waals surface area contributed by atoms with Crippen molar-refractivity contribution in [3.8, 4) is 5.75 Å². The Morgan fingerprint density at radius 2 is 1.67 bits per heavy atom. The third-order valence-electron chi connectivity index (χ3n) is 4.23. The van der Waals surface area contributed by atoms with Crippen LogP contribution in [0.4, 0.5) is 17.6 Å². The Labute approximate surface area is 186 Å². The number of para-hydroxylation sites is 1. The van der Waals surface area contributed by atoms with Crippen molar-refractivity contribution in [3.63, 3.8) is 0 Å². The molecule has 11 heteroatoms. The van der Waals surface area contributed by atoms with Crippen LogP contribution in [0.1, 0.15) is 16.7 Å². The van der Waals surface area contributed by atoms with Crippen LogP contribution in [0.15, 0.2) is 82.8 Å². The van der Waals surface area contributed by atoms with Crippen LogP contribution in [0.25, 0.3) is 0 Å². The van der Waals surface area contributed by atoms with E-state index in [2.05, 4.69) is 10.5 Å². The lowest BCUT2D eigenvalue weighted by Gasteiger charge is -2.12. The zero-order valence-electron chi connectivity index (χ0n) is 16.7. The first-order valence-corrected chi connectivity index (χ1v) is 10.7. The maximum atomic E-state index is 13.1. The molecule has 0 saturated carbocycles. The number of benzene rings is 3. The first-order valence-electron chi connectivity index (χ1n) is 9.32. The Balaban J connectivity index is 1.85. The number of carbonyl (C=O) groups excluding carboxylic acids is 1. The highest BCUT2D eigenvalue weighted by atomic mass is 32.2. The smallest absolute Gasteiger partial charge is 0.379 e. The minimum atomic E-state index is -4.74. The van der Waals surface area contributed by atoms with E-state index in [0.29, 0.717) is 17.7 Å². The van der Waals surface area contributed by atoms with Crippen LogP contribution in [0.2, 0.25) is 0 Å². The van der Waals surface area contributed by atoms with Gasteiger partial charge in [-0.1, -0.05) is 30.3 Å². The van der Waals surface area contributed by atoms with Crippen LogP contribution in [0, 0.1) is 5.82 Å². The zero-order valence-corrected chi connectivity index (χ0v) is 17.5. The molecule has 3 aromatic rings. The van der Waals surface area contributed by atoms with Crippen LogP contribution in [-0.2, 0) is 27.5 Å². The minimum absolute atomic E-state index is 0.0344. The second-order valence-corrected chi connectivity index (χ2v) is 8.21. The quantitative estimate of drug-likeness (QED) is 0.237. The lowest BCUT2D eigenvalue weighted by molar-refractivity contribution is -0.137. The number of rotatable bonds is 7. The second kappa shape index (κ2) is 9.82. The van der Waals surface area contributed by atoms with Crippen LogP contribution in [0.5, 0.6) is 5.75 Å². The van der Waals surface area contributed by atoms with Gasteiger partial charge in [0, 0.05) is 5.56 Å². The van der Waals surface area contributed by atoms with Crippen LogP contribution in [-0.4, -0.2) is 20.5 Å². The number of carbonyl (C=O) groups is 1. The van der Waals surface area contributed by atoms with Crippen molar-refractivity contribution in [2.75, 3.05) is 0 Å². The summed E-state index contributed by atoms with van der Waals surface area (Å²) in [4.78, 5) is 11.4. The van der Waals surface area contributed by atoms with Crippen molar-refractivity contribution in [1.29, 1.82) is 0 Å². The highest BCUT2D eigenvalue weighted by molar-refractivity contribution is 7.87. The number of amides is 1. The second-order valence-electron chi connectivity index (χ2n) is 6.70. The molecule has 0 unspecified atom stereocenters. The molecule has 0 aliphatic heterocycles. The first-order chi connectivity index (χ1) is 15.5. The highest BCUT2D eigenvalue weighted by Gasteiger charge is 2.32. The molecule has 0 saturated heterocycles. The van der Waals surface area contributed by atoms with Crippen molar-refractivity contribution in [3.05, 3.63) is 95.3 Å². The van der Waals surface area contributed by atoms with Gasteiger partial charge in [-0.25, -0.2) is 9.82 Å². The van der Waals surface area contributed by atoms with Gasteiger partial charge in [-0.15, -0.1) is 0 Å². The summed E-state index contributed by atoms with van der Waals surface area (Å²) in [7, 11) is -4.52. The molecular formula is C22H16F4N2O4S. The molecule has 0 heterocycles. The van der Waals surface area contributed by atoms with E-state index in [1.165, 1.54) is 48.5 Å². The highest BCUT2D eigenvalue weighted by Crippen LogP contribution is 2.32. The zero-order chi connectivity index (χ0) is 24.1. The van der Waals surface area contributed by atoms with Gasteiger partial charge in [0.1, 0.15) is 16.5 Å². The van der Waals surface area contributed by atoms with E-state index in [4.69, 9.17) is 4.18 Å². The Morgan fingerprint density at radius 1 is 1.00 bits per heavy atom. The van der Waals surface area contributed by atoms with E-state index >= 15 is 0 Å². The van der Waals surface area contributed by atoms with Crippen molar-refractivity contribution in [2.45, 2.75) is 17.5 Å². The summed E-state index contributed by atoms with van der Waals surface area (Å²) in [5, 5.41) is 3.57. The van der Waals surface area contributed by atoms with E-state index in [-0.39, 0.29) is 12.2 Å². The topological polar surface area (TPSA) is 84.8 Å². The van der Waals surface area contributed by atoms with Gasteiger partial charge in [0.05, 0.1) is 18.2 Å². The number of hydrazone groups is 1. The predicted octanol–water partition coefficient (Wildman–Crippen LogP) is 4.31. The monoisotopic (exact) mass is 480 g/mol. The summed E-state index contributed by atoms with van der Waals surface area (Å²) in [5.74, 6) is -1.16. The molecule has 0 fully saturated rings. The van der Waals surface area contributed by atoms with Gasteiger partial charge in [0.25, 0.3) is 0 Å². The molecule has 0 aliphatic carbocycles. The van der Waals surface area contributed by atoms with Gasteiger partial charge in [0.15, 0.2) is 0 Å². The Hall–Kier alpha value is -3.73. The lowest BCUT2D eigenvalue weighted by atomic mass is 10.1. The first kappa shape index (κ1) is 23.9. The van der Waals surface area contributed by atoms with Crippen molar-refractivity contribution in [2.24, 2.45) is 5.10 Å². The van der Waals surface area contributed by atoms with Gasteiger partial charge in [-0.3, -0.25) is 4.79 Å². The predicted molar refractivity (Wildman–Crippen MR) is 112 cm³/mol. The number of halogens is 4. The SMILES string of the molecule is O=C(Cc1ccc(F)cc1)N/N=C/c1cc(C(F)(F)F)ccc1S(=O)(=O)Oc1ccccc1. The Morgan fingerprint density at radius 3 is 2.30 bits per heavy atom. The Kier molecular flexibility index (Phi) is 7.12. The number of nitrogens with zero attached hydrogens (tertiary/aromatic N) is 1. The third-order valence-corrected chi connectivity index (χ3v) is 5.55. The molecule has 0 radical (unpaired) electrons. The van der Waals surface area contributed by atoms with E-state index in [1.807, 2.05) is 0 Å². The molecule has 3 aromatic carbocycles. The largest absolute Gasteiger partial charge is 0.416 e. The van der Waals surface area contributed by atoms with Crippen LogP contribution < -0.4 is 9.61 Å². The fourth-order valence-corrected chi connectivity index (χ4v) is 3.79.